The van der Waals surface area contributed by atoms with Crippen LogP contribution in [0.25, 0.3) is 0 Å². The van der Waals surface area contributed by atoms with Crippen molar-refractivity contribution in [2.75, 3.05) is 0 Å². The number of hydrogen-bond acceptors (Lipinski definition) is 2. The first-order valence-corrected chi connectivity index (χ1v) is 6.50. The molecule has 18 heavy (non-hydrogen) atoms. The van der Waals surface area contributed by atoms with E-state index in [1.807, 2.05) is 30.3 Å². The first-order valence-electron chi connectivity index (χ1n) is 6.50. The van der Waals surface area contributed by atoms with Crippen molar-refractivity contribution >= 4 is 6.03 Å². The van der Waals surface area contributed by atoms with Gasteiger partial charge in [-0.15, -0.1) is 0 Å². The number of carbonyl (C=O) groups is 1. The largest absolute Gasteiger partial charge is 0.393 e. The Hall–Kier alpha value is -1.55. The Morgan fingerprint density at radius 3 is 2.50 bits per heavy atom. The van der Waals surface area contributed by atoms with Crippen molar-refractivity contribution in [2.24, 2.45) is 0 Å². The van der Waals surface area contributed by atoms with Gasteiger partial charge in [-0.05, 0) is 31.2 Å². The van der Waals surface area contributed by atoms with E-state index in [1.54, 1.807) is 0 Å². The molecule has 0 heterocycles. The molecule has 0 atom stereocenters. The van der Waals surface area contributed by atoms with Crippen molar-refractivity contribution in [3.63, 3.8) is 0 Å². The molecule has 0 spiro atoms. The number of rotatable bonds is 3. The maximum atomic E-state index is 11.7. The zero-order valence-electron chi connectivity index (χ0n) is 10.4. The highest BCUT2D eigenvalue weighted by atomic mass is 16.3. The van der Waals surface area contributed by atoms with Crippen molar-refractivity contribution < 1.29 is 9.90 Å². The fraction of sp³-hybridized carbons (Fsp3) is 0.500. The lowest BCUT2D eigenvalue weighted by molar-refractivity contribution is 0.117. The third-order valence-electron chi connectivity index (χ3n) is 3.33. The van der Waals surface area contributed by atoms with E-state index in [-0.39, 0.29) is 18.2 Å². The molecule has 4 heteroatoms. The number of benzene rings is 1. The Kier molecular flexibility index (Phi) is 4.59. The number of hydrogen-bond donors (Lipinski definition) is 3. The summed E-state index contributed by atoms with van der Waals surface area (Å²) in [6.07, 6.45) is 3.10. The molecule has 0 aliphatic heterocycles. The molecular formula is C14H20N2O2. The normalized spacial score (nSPS) is 23.4. The van der Waals surface area contributed by atoms with E-state index in [1.165, 1.54) is 0 Å². The molecule has 1 aliphatic carbocycles. The Bertz CT molecular complexity index is 373. The Balaban J connectivity index is 1.69. The summed E-state index contributed by atoms with van der Waals surface area (Å²) in [6.45, 7) is 0.544. The summed E-state index contributed by atoms with van der Waals surface area (Å²) in [6, 6.07) is 9.91. The highest BCUT2D eigenvalue weighted by Gasteiger charge is 2.20. The van der Waals surface area contributed by atoms with Crippen LogP contribution in [-0.2, 0) is 6.54 Å². The minimum atomic E-state index is -0.185. The number of aliphatic hydroxyl groups is 1. The molecule has 1 aromatic carbocycles. The summed E-state index contributed by atoms with van der Waals surface area (Å²) < 4.78 is 0. The lowest BCUT2D eigenvalue weighted by atomic mass is 9.93. The number of carbonyl (C=O) groups excluding carboxylic acids is 1. The Morgan fingerprint density at radius 2 is 1.83 bits per heavy atom. The first kappa shape index (κ1) is 12.9. The van der Waals surface area contributed by atoms with Crippen LogP contribution in [0, 0.1) is 0 Å². The molecule has 0 aromatic heterocycles. The summed E-state index contributed by atoms with van der Waals surface area (Å²) in [5.41, 5.74) is 1.09. The van der Waals surface area contributed by atoms with E-state index in [4.69, 9.17) is 0 Å². The molecule has 1 aromatic rings. The predicted molar refractivity (Wildman–Crippen MR) is 70.1 cm³/mol. The summed E-state index contributed by atoms with van der Waals surface area (Å²) in [4.78, 5) is 11.7. The van der Waals surface area contributed by atoms with Gasteiger partial charge < -0.3 is 15.7 Å². The quantitative estimate of drug-likeness (QED) is 0.763. The Morgan fingerprint density at radius 1 is 1.17 bits per heavy atom. The fourth-order valence-electron chi connectivity index (χ4n) is 2.23. The molecule has 1 fully saturated rings. The molecule has 3 N–H and O–H groups in total. The van der Waals surface area contributed by atoms with Crippen LogP contribution in [-0.4, -0.2) is 23.3 Å². The molecule has 2 rings (SSSR count). The van der Waals surface area contributed by atoms with Crippen LogP contribution >= 0.6 is 0 Å². The van der Waals surface area contributed by atoms with E-state index >= 15 is 0 Å². The molecule has 1 saturated carbocycles. The third kappa shape index (κ3) is 4.04. The van der Waals surface area contributed by atoms with Crippen LogP contribution < -0.4 is 10.6 Å². The van der Waals surface area contributed by atoms with Gasteiger partial charge in [-0.25, -0.2) is 4.79 Å². The standard InChI is InChI=1S/C14H20N2O2/c17-13-8-6-12(7-9-13)16-14(18)15-10-11-4-2-1-3-5-11/h1-5,12-13,17H,6-10H2,(H2,15,16,18). The lowest BCUT2D eigenvalue weighted by Gasteiger charge is -2.26. The van der Waals surface area contributed by atoms with Crippen molar-refractivity contribution in [1.29, 1.82) is 0 Å². The van der Waals surface area contributed by atoms with Crippen molar-refractivity contribution in [3.05, 3.63) is 35.9 Å². The first-order chi connectivity index (χ1) is 8.74. The van der Waals surface area contributed by atoms with Crippen LogP contribution in [0.3, 0.4) is 0 Å². The average molecular weight is 248 g/mol. The van der Waals surface area contributed by atoms with E-state index < -0.39 is 0 Å². The zero-order chi connectivity index (χ0) is 12.8. The summed E-state index contributed by atoms with van der Waals surface area (Å²) in [5, 5.41) is 15.2. The number of aliphatic hydroxyl groups excluding tert-OH is 1. The molecule has 0 saturated heterocycles. The molecule has 98 valence electrons. The fourth-order valence-corrected chi connectivity index (χ4v) is 2.23. The molecule has 0 bridgehead atoms. The molecule has 4 nitrogen and oxygen atoms in total. The van der Waals surface area contributed by atoms with Gasteiger partial charge in [-0.1, -0.05) is 30.3 Å². The second-order valence-electron chi connectivity index (χ2n) is 4.82. The topological polar surface area (TPSA) is 61.4 Å². The van der Waals surface area contributed by atoms with Crippen LogP contribution in [0.15, 0.2) is 30.3 Å². The third-order valence-corrected chi connectivity index (χ3v) is 3.33. The van der Waals surface area contributed by atoms with Crippen molar-refractivity contribution in [2.45, 2.75) is 44.4 Å². The highest BCUT2D eigenvalue weighted by Crippen LogP contribution is 2.18. The summed E-state index contributed by atoms with van der Waals surface area (Å²) in [7, 11) is 0. The van der Waals surface area contributed by atoms with Gasteiger partial charge in [0.15, 0.2) is 0 Å². The van der Waals surface area contributed by atoms with Crippen LogP contribution in [0.5, 0.6) is 0 Å². The van der Waals surface area contributed by atoms with E-state index in [2.05, 4.69) is 10.6 Å². The second-order valence-corrected chi connectivity index (χ2v) is 4.82. The molecule has 1 aliphatic rings. The number of nitrogens with one attached hydrogen (secondary N) is 2. The molecule has 0 unspecified atom stereocenters. The van der Waals surface area contributed by atoms with Crippen LogP contribution in [0.1, 0.15) is 31.2 Å². The summed E-state index contributed by atoms with van der Waals surface area (Å²) >= 11 is 0. The predicted octanol–water partition coefficient (Wildman–Crippen LogP) is 1.79. The van der Waals surface area contributed by atoms with Gasteiger partial charge >= 0.3 is 6.03 Å². The maximum absolute atomic E-state index is 11.7. The van der Waals surface area contributed by atoms with E-state index in [0.29, 0.717) is 6.54 Å². The van der Waals surface area contributed by atoms with Gasteiger partial charge in [0.05, 0.1) is 6.10 Å². The zero-order valence-corrected chi connectivity index (χ0v) is 10.4. The smallest absolute Gasteiger partial charge is 0.315 e. The second kappa shape index (κ2) is 6.40. The minimum absolute atomic E-state index is 0.125. The van der Waals surface area contributed by atoms with Gasteiger partial charge in [0.25, 0.3) is 0 Å². The van der Waals surface area contributed by atoms with Gasteiger partial charge in [0.2, 0.25) is 0 Å². The highest BCUT2D eigenvalue weighted by molar-refractivity contribution is 5.74. The average Bonchev–Trinajstić information content (AvgIpc) is 2.40. The number of amides is 2. The van der Waals surface area contributed by atoms with Crippen molar-refractivity contribution in [1.82, 2.24) is 10.6 Å². The lowest BCUT2D eigenvalue weighted by Crippen LogP contribution is -2.43. The monoisotopic (exact) mass is 248 g/mol. The van der Waals surface area contributed by atoms with Crippen LogP contribution in [0.2, 0.25) is 0 Å². The Labute approximate surface area is 107 Å². The van der Waals surface area contributed by atoms with E-state index in [9.17, 15) is 9.90 Å². The van der Waals surface area contributed by atoms with Crippen LogP contribution in [0.4, 0.5) is 4.79 Å². The molecular weight excluding hydrogens is 228 g/mol. The van der Waals surface area contributed by atoms with Crippen molar-refractivity contribution in [3.8, 4) is 0 Å². The molecule has 0 radical (unpaired) electrons. The summed E-state index contributed by atoms with van der Waals surface area (Å²) in [5.74, 6) is 0. The number of urea groups is 1. The minimum Gasteiger partial charge on any atom is -0.393 e. The van der Waals surface area contributed by atoms with Gasteiger partial charge in [-0.3, -0.25) is 0 Å². The van der Waals surface area contributed by atoms with Gasteiger partial charge in [-0.2, -0.15) is 0 Å². The van der Waals surface area contributed by atoms with Gasteiger partial charge in [0, 0.05) is 12.6 Å². The van der Waals surface area contributed by atoms with Gasteiger partial charge in [0.1, 0.15) is 0 Å². The SMILES string of the molecule is O=C(NCc1ccccc1)NC1CCC(O)CC1. The molecule has 2 amide bonds. The van der Waals surface area contributed by atoms with E-state index in [0.717, 1.165) is 31.2 Å². The maximum Gasteiger partial charge on any atom is 0.315 e.